The third kappa shape index (κ3) is 5.39. The summed E-state index contributed by atoms with van der Waals surface area (Å²) in [7, 11) is 0. The number of anilines is 3. The predicted molar refractivity (Wildman–Crippen MR) is 220 cm³/mol. The standard InChI is InChI=1S/C50H33NO/c1-2-10-44(11-3-1)51(46-27-22-36(23-28-46)42-24-29-48-47-12-6-7-13-49(47)52-50(48)33-42)45-25-20-35(21-26-45)39-17-15-37-16-19-41(32-43(37)31-39)40-18-14-34-8-4-5-9-38(34)30-40/h1-33H. The maximum Gasteiger partial charge on any atom is 0.136 e. The Morgan fingerprint density at radius 3 is 1.38 bits per heavy atom. The Bertz CT molecular complexity index is 2890. The van der Waals surface area contributed by atoms with Crippen molar-refractivity contribution in [1.29, 1.82) is 0 Å². The molecule has 0 aliphatic heterocycles. The highest BCUT2D eigenvalue weighted by Crippen LogP contribution is 2.38. The molecule has 0 atom stereocenters. The minimum absolute atomic E-state index is 0.908. The van der Waals surface area contributed by atoms with Gasteiger partial charge in [0.15, 0.2) is 0 Å². The summed E-state index contributed by atoms with van der Waals surface area (Å²) in [6.45, 7) is 0. The minimum atomic E-state index is 0.908. The summed E-state index contributed by atoms with van der Waals surface area (Å²) < 4.78 is 6.18. The average molecular weight is 664 g/mol. The van der Waals surface area contributed by atoms with Gasteiger partial charge in [0.25, 0.3) is 0 Å². The largest absolute Gasteiger partial charge is 0.456 e. The Balaban J connectivity index is 0.961. The molecule has 244 valence electrons. The van der Waals surface area contributed by atoms with Gasteiger partial charge in [-0.05, 0) is 128 Å². The first kappa shape index (κ1) is 30.0. The Labute approximate surface area is 302 Å². The molecule has 0 bridgehead atoms. The van der Waals surface area contributed by atoms with Crippen LogP contribution < -0.4 is 4.90 Å². The zero-order valence-corrected chi connectivity index (χ0v) is 28.4. The lowest BCUT2D eigenvalue weighted by atomic mass is 9.96. The lowest BCUT2D eigenvalue weighted by molar-refractivity contribution is 0.669. The Morgan fingerprint density at radius 1 is 0.269 bits per heavy atom. The van der Waals surface area contributed by atoms with Crippen LogP contribution in [0.4, 0.5) is 17.1 Å². The van der Waals surface area contributed by atoms with Crippen LogP contribution in [0.3, 0.4) is 0 Å². The predicted octanol–water partition coefficient (Wildman–Crippen LogP) is 14.4. The molecule has 0 radical (unpaired) electrons. The highest BCUT2D eigenvalue weighted by atomic mass is 16.3. The molecular weight excluding hydrogens is 631 g/mol. The van der Waals surface area contributed by atoms with Crippen molar-refractivity contribution in [3.05, 3.63) is 200 Å². The fourth-order valence-electron chi connectivity index (χ4n) is 7.51. The van der Waals surface area contributed by atoms with E-state index in [1.807, 2.05) is 12.1 Å². The molecule has 10 rings (SSSR count). The van der Waals surface area contributed by atoms with Gasteiger partial charge in [0.2, 0.25) is 0 Å². The van der Waals surface area contributed by atoms with E-state index in [4.69, 9.17) is 4.42 Å². The van der Waals surface area contributed by atoms with Gasteiger partial charge in [-0.25, -0.2) is 0 Å². The molecule has 2 heteroatoms. The normalized spacial score (nSPS) is 11.5. The van der Waals surface area contributed by atoms with Crippen molar-refractivity contribution in [2.45, 2.75) is 0 Å². The molecule has 0 fully saturated rings. The van der Waals surface area contributed by atoms with Gasteiger partial charge in [-0.2, -0.15) is 0 Å². The Morgan fingerprint density at radius 2 is 0.712 bits per heavy atom. The van der Waals surface area contributed by atoms with E-state index in [-0.39, 0.29) is 0 Å². The second-order valence-electron chi connectivity index (χ2n) is 13.4. The van der Waals surface area contributed by atoms with E-state index in [1.54, 1.807) is 0 Å². The van der Waals surface area contributed by atoms with Crippen LogP contribution in [0.2, 0.25) is 0 Å². The van der Waals surface area contributed by atoms with Crippen LogP contribution in [-0.4, -0.2) is 0 Å². The molecular formula is C50H33NO. The van der Waals surface area contributed by atoms with E-state index in [2.05, 4.69) is 193 Å². The summed E-state index contributed by atoms with van der Waals surface area (Å²) in [6.07, 6.45) is 0. The zero-order valence-electron chi connectivity index (χ0n) is 28.4. The minimum Gasteiger partial charge on any atom is -0.456 e. The smallest absolute Gasteiger partial charge is 0.136 e. The van der Waals surface area contributed by atoms with Crippen molar-refractivity contribution in [2.75, 3.05) is 4.90 Å². The van der Waals surface area contributed by atoms with Crippen molar-refractivity contribution in [2.24, 2.45) is 0 Å². The van der Waals surface area contributed by atoms with Gasteiger partial charge >= 0.3 is 0 Å². The molecule has 2 nitrogen and oxygen atoms in total. The maximum atomic E-state index is 6.18. The van der Waals surface area contributed by atoms with E-state index in [9.17, 15) is 0 Å². The topological polar surface area (TPSA) is 16.4 Å². The van der Waals surface area contributed by atoms with Gasteiger partial charge in [0, 0.05) is 27.8 Å². The number of fused-ring (bicyclic) bond motifs is 5. The van der Waals surface area contributed by atoms with Crippen LogP contribution in [0.15, 0.2) is 205 Å². The summed E-state index contributed by atoms with van der Waals surface area (Å²) >= 11 is 0. The molecule has 0 aliphatic rings. The molecule has 0 unspecified atom stereocenters. The van der Waals surface area contributed by atoms with Crippen molar-refractivity contribution in [1.82, 2.24) is 0 Å². The summed E-state index contributed by atoms with van der Waals surface area (Å²) in [5.74, 6) is 0. The van der Waals surface area contributed by atoms with Gasteiger partial charge < -0.3 is 9.32 Å². The highest BCUT2D eigenvalue weighted by molar-refractivity contribution is 6.06. The highest BCUT2D eigenvalue weighted by Gasteiger charge is 2.14. The van der Waals surface area contributed by atoms with Gasteiger partial charge in [0.1, 0.15) is 11.2 Å². The second-order valence-corrected chi connectivity index (χ2v) is 13.4. The number of nitrogens with zero attached hydrogens (tertiary/aromatic N) is 1. The molecule has 0 N–H and O–H groups in total. The number of rotatable bonds is 6. The van der Waals surface area contributed by atoms with Crippen molar-refractivity contribution in [3.63, 3.8) is 0 Å². The second kappa shape index (κ2) is 12.5. The Kier molecular flexibility index (Phi) is 7.18. The van der Waals surface area contributed by atoms with Gasteiger partial charge in [-0.3, -0.25) is 0 Å². The molecule has 52 heavy (non-hydrogen) atoms. The van der Waals surface area contributed by atoms with Crippen LogP contribution in [0.25, 0.3) is 76.9 Å². The van der Waals surface area contributed by atoms with Crippen molar-refractivity contribution >= 4 is 60.5 Å². The molecule has 0 aliphatic carbocycles. The van der Waals surface area contributed by atoms with Crippen LogP contribution in [0.1, 0.15) is 0 Å². The third-order valence-corrected chi connectivity index (χ3v) is 10.2. The molecule has 0 spiro atoms. The molecule has 1 aromatic heterocycles. The Hall–Kier alpha value is -6.90. The van der Waals surface area contributed by atoms with Gasteiger partial charge in [0.05, 0.1) is 0 Å². The number of para-hydroxylation sites is 2. The summed E-state index contributed by atoms with van der Waals surface area (Å²) in [4.78, 5) is 2.31. The quantitative estimate of drug-likeness (QED) is 0.176. The number of furan rings is 1. The number of hydrogen-bond acceptors (Lipinski definition) is 2. The third-order valence-electron chi connectivity index (χ3n) is 10.2. The number of hydrogen-bond donors (Lipinski definition) is 0. The van der Waals surface area contributed by atoms with Crippen LogP contribution in [0, 0.1) is 0 Å². The van der Waals surface area contributed by atoms with Gasteiger partial charge in [-0.15, -0.1) is 0 Å². The first-order valence-corrected chi connectivity index (χ1v) is 17.7. The van der Waals surface area contributed by atoms with Gasteiger partial charge in [-0.1, -0.05) is 127 Å². The summed E-state index contributed by atoms with van der Waals surface area (Å²) in [6, 6.07) is 71.8. The molecule has 1 heterocycles. The average Bonchev–Trinajstić information content (AvgIpc) is 3.59. The van der Waals surface area contributed by atoms with E-state index in [1.165, 1.54) is 43.8 Å². The molecule has 0 saturated heterocycles. The zero-order chi connectivity index (χ0) is 34.4. The fourth-order valence-corrected chi connectivity index (χ4v) is 7.51. The fraction of sp³-hybridized carbons (Fsp3) is 0. The number of benzene rings is 9. The van der Waals surface area contributed by atoms with Crippen molar-refractivity contribution < 1.29 is 4.42 Å². The summed E-state index contributed by atoms with van der Waals surface area (Å²) in [5, 5.41) is 7.28. The maximum absolute atomic E-state index is 6.18. The van der Waals surface area contributed by atoms with E-state index in [0.29, 0.717) is 0 Å². The van der Waals surface area contributed by atoms with Crippen LogP contribution >= 0.6 is 0 Å². The summed E-state index contributed by atoms with van der Waals surface area (Å²) in [5.41, 5.74) is 12.3. The molecule has 0 amide bonds. The lowest BCUT2D eigenvalue weighted by Gasteiger charge is -2.26. The molecule has 10 aromatic rings. The molecule has 0 saturated carbocycles. The van der Waals surface area contributed by atoms with Crippen LogP contribution in [0.5, 0.6) is 0 Å². The van der Waals surface area contributed by atoms with Crippen molar-refractivity contribution in [3.8, 4) is 33.4 Å². The monoisotopic (exact) mass is 663 g/mol. The van der Waals surface area contributed by atoms with E-state index >= 15 is 0 Å². The first-order valence-electron chi connectivity index (χ1n) is 17.7. The van der Waals surface area contributed by atoms with E-state index < -0.39 is 0 Å². The lowest BCUT2D eigenvalue weighted by Crippen LogP contribution is -2.09. The first-order chi connectivity index (χ1) is 25.7. The van der Waals surface area contributed by atoms with Crippen LogP contribution in [-0.2, 0) is 0 Å². The SMILES string of the molecule is c1ccc(N(c2ccc(-c3ccc4ccc(-c5ccc6ccccc6c5)cc4c3)cc2)c2ccc(-c3ccc4c(c3)oc3ccccc34)cc2)cc1. The molecule has 9 aromatic carbocycles. The van der Waals surface area contributed by atoms with E-state index in [0.717, 1.165) is 50.1 Å².